The standard InChI is InChI=1S/C26H32N2O8S2/c1-2-35-26(31)24-20-5-3-4-6-21(20)37-25(24)27-22(29)17-36-23(30)12-9-18-7-10-19(11-8-18)38(32,33)28-13-15-34-16-14-28/h7-8,10-11H,2-6,9,12-17H2,1H3,(H,27,29). The molecule has 1 saturated heterocycles. The molecule has 1 aliphatic heterocycles. The normalized spacial score (nSPS) is 15.9. The van der Waals surface area contributed by atoms with Gasteiger partial charge in [0.25, 0.3) is 5.91 Å². The Balaban J connectivity index is 1.27. The first-order chi connectivity index (χ1) is 18.3. The second-order valence-corrected chi connectivity index (χ2v) is 12.0. The van der Waals surface area contributed by atoms with Gasteiger partial charge in [-0.3, -0.25) is 9.59 Å². The van der Waals surface area contributed by atoms with Crippen LogP contribution in [0.25, 0.3) is 0 Å². The summed E-state index contributed by atoms with van der Waals surface area (Å²) in [7, 11) is -3.58. The van der Waals surface area contributed by atoms with Crippen molar-refractivity contribution in [3.05, 3.63) is 45.8 Å². The second-order valence-electron chi connectivity index (χ2n) is 9.00. The number of carbonyl (C=O) groups is 3. The topological polar surface area (TPSA) is 128 Å². The molecule has 1 aromatic heterocycles. The summed E-state index contributed by atoms with van der Waals surface area (Å²) < 4.78 is 42.4. The van der Waals surface area contributed by atoms with Gasteiger partial charge in [0.2, 0.25) is 10.0 Å². The van der Waals surface area contributed by atoms with Crippen LogP contribution in [-0.2, 0) is 53.1 Å². The highest BCUT2D eigenvalue weighted by atomic mass is 32.2. The molecule has 0 spiro atoms. The summed E-state index contributed by atoms with van der Waals surface area (Å²) in [4.78, 5) is 38.5. The third-order valence-electron chi connectivity index (χ3n) is 6.42. The molecular formula is C26H32N2O8S2. The van der Waals surface area contributed by atoms with E-state index in [9.17, 15) is 22.8 Å². The maximum Gasteiger partial charge on any atom is 0.341 e. The summed E-state index contributed by atoms with van der Waals surface area (Å²) in [6.07, 6.45) is 4.01. The largest absolute Gasteiger partial charge is 0.462 e. The number of morpholine rings is 1. The fourth-order valence-electron chi connectivity index (χ4n) is 4.46. The van der Waals surface area contributed by atoms with Crippen LogP contribution in [0.2, 0.25) is 0 Å². The Bertz CT molecular complexity index is 1260. The van der Waals surface area contributed by atoms with Crippen LogP contribution >= 0.6 is 11.3 Å². The van der Waals surface area contributed by atoms with Gasteiger partial charge >= 0.3 is 11.9 Å². The average Bonchev–Trinajstić information content (AvgIpc) is 3.29. The zero-order valence-corrected chi connectivity index (χ0v) is 23.0. The number of carbonyl (C=O) groups excluding carboxylic acids is 3. The van der Waals surface area contributed by atoms with E-state index in [0.29, 0.717) is 43.3 Å². The predicted molar refractivity (Wildman–Crippen MR) is 141 cm³/mol. The van der Waals surface area contributed by atoms with Crippen molar-refractivity contribution < 1.29 is 37.0 Å². The zero-order valence-electron chi connectivity index (χ0n) is 21.3. The van der Waals surface area contributed by atoms with Crippen molar-refractivity contribution in [1.82, 2.24) is 4.31 Å². The van der Waals surface area contributed by atoms with Gasteiger partial charge in [0.05, 0.1) is 30.3 Å². The van der Waals surface area contributed by atoms with E-state index in [-0.39, 0.29) is 17.9 Å². The maximum atomic E-state index is 12.7. The first-order valence-corrected chi connectivity index (χ1v) is 15.0. The number of sulfonamides is 1. The van der Waals surface area contributed by atoms with Crippen LogP contribution < -0.4 is 5.32 Å². The number of nitrogens with one attached hydrogen (secondary N) is 1. The third-order valence-corrected chi connectivity index (χ3v) is 9.54. The molecule has 1 N–H and O–H groups in total. The van der Waals surface area contributed by atoms with Gasteiger partial charge in [-0.05, 0) is 62.3 Å². The summed E-state index contributed by atoms with van der Waals surface area (Å²) >= 11 is 1.37. The number of thiophene rings is 1. The molecule has 2 aromatic rings. The maximum absolute atomic E-state index is 12.7. The first kappa shape index (κ1) is 28.2. The number of fused-ring (bicyclic) bond motifs is 1. The lowest BCUT2D eigenvalue weighted by Crippen LogP contribution is -2.40. The molecule has 0 bridgehead atoms. The lowest BCUT2D eigenvalue weighted by Gasteiger charge is -2.26. The van der Waals surface area contributed by atoms with Gasteiger partial charge in [-0.25, -0.2) is 13.2 Å². The van der Waals surface area contributed by atoms with Crippen molar-refractivity contribution in [3.8, 4) is 0 Å². The van der Waals surface area contributed by atoms with Crippen LogP contribution in [-0.4, -0.2) is 70.1 Å². The van der Waals surface area contributed by atoms with Gasteiger partial charge in [-0.1, -0.05) is 12.1 Å². The van der Waals surface area contributed by atoms with Crippen LogP contribution in [0.4, 0.5) is 5.00 Å². The van der Waals surface area contributed by atoms with E-state index < -0.39 is 34.5 Å². The molecule has 10 nitrogen and oxygen atoms in total. The molecule has 0 unspecified atom stereocenters. The number of aryl methyl sites for hydroxylation is 2. The number of esters is 2. The average molecular weight is 565 g/mol. The molecule has 1 aromatic carbocycles. The Morgan fingerprint density at radius 2 is 1.76 bits per heavy atom. The third kappa shape index (κ3) is 6.79. The molecule has 38 heavy (non-hydrogen) atoms. The van der Waals surface area contributed by atoms with Crippen LogP contribution in [0.3, 0.4) is 0 Å². The van der Waals surface area contributed by atoms with E-state index in [4.69, 9.17) is 14.2 Å². The highest BCUT2D eigenvalue weighted by molar-refractivity contribution is 7.89. The van der Waals surface area contributed by atoms with Crippen molar-refractivity contribution >= 4 is 44.2 Å². The lowest BCUT2D eigenvalue weighted by molar-refractivity contribution is -0.147. The van der Waals surface area contributed by atoms with Crippen LogP contribution in [0, 0.1) is 0 Å². The monoisotopic (exact) mass is 564 g/mol. The molecule has 12 heteroatoms. The predicted octanol–water partition coefficient (Wildman–Crippen LogP) is 2.94. The van der Waals surface area contributed by atoms with Crippen LogP contribution in [0.5, 0.6) is 0 Å². The first-order valence-electron chi connectivity index (χ1n) is 12.7. The number of rotatable bonds is 10. The van der Waals surface area contributed by atoms with Crippen LogP contribution in [0.15, 0.2) is 29.2 Å². The quantitative estimate of drug-likeness (QED) is 0.436. The number of nitrogens with zero attached hydrogens (tertiary/aromatic N) is 1. The molecule has 2 heterocycles. The second kappa shape index (κ2) is 12.8. The van der Waals surface area contributed by atoms with Gasteiger partial charge in [-0.2, -0.15) is 4.31 Å². The minimum Gasteiger partial charge on any atom is -0.462 e. The van der Waals surface area contributed by atoms with E-state index in [1.54, 1.807) is 19.1 Å². The number of anilines is 1. The number of hydrogen-bond acceptors (Lipinski definition) is 9. The minimum atomic E-state index is -3.58. The van der Waals surface area contributed by atoms with E-state index in [1.165, 1.54) is 27.8 Å². The lowest BCUT2D eigenvalue weighted by atomic mass is 9.95. The van der Waals surface area contributed by atoms with Crippen LogP contribution in [0.1, 0.15) is 52.5 Å². The SMILES string of the molecule is CCOC(=O)c1c(NC(=O)COC(=O)CCc2ccc(S(=O)(=O)N3CCOCC3)cc2)sc2c1CCCC2. The highest BCUT2D eigenvalue weighted by Crippen LogP contribution is 2.38. The van der Waals surface area contributed by atoms with Gasteiger partial charge in [0.1, 0.15) is 5.00 Å². The molecule has 0 atom stereocenters. The Morgan fingerprint density at radius 1 is 1.05 bits per heavy atom. The zero-order chi connectivity index (χ0) is 27.1. The number of amides is 1. The van der Waals surface area contributed by atoms with Gasteiger partial charge in [-0.15, -0.1) is 11.3 Å². The molecule has 4 rings (SSSR count). The Hall–Kier alpha value is -2.80. The molecule has 1 fully saturated rings. The molecule has 0 saturated carbocycles. The highest BCUT2D eigenvalue weighted by Gasteiger charge is 2.28. The van der Waals surface area contributed by atoms with Crippen molar-refractivity contribution in [2.24, 2.45) is 0 Å². The van der Waals surface area contributed by atoms with Crippen molar-refractivity contribution in [1.29, 1.82) is 0 Å². The Labute approximate surface area is 226 Å². The smallest absolute Gasteiger partial charge is 0.341 e. The van der Waals surface area contributed by atoms with Crippen molar-refractivity contribution in [2.45, 2.75) is 50.3 Å². The molecular weight excluding hydrogens is 532 g/mol. The summed E-state index contributed by atoms with van der Waals surface area (Å²) in [5.74, 6) is -1.54. The molecule has 1 amide bonds. The van der Waals surface area contributed by atoms with Crippen molar-refractivity contribution in [2.75, 3.05) is 44.8 Å². The van der Waals surface area contributed by atoms with Gasteiger partial charge in [0.15, 0.2) is 6.61 Å². The minimum absolute atomic E-state index is 0.0320. The van der Waals surface area contributed by atoms with E-state index in [1.807, 2.05) is 0 Å². The van der Waals surface area contributed by atoms with Gasteiger partial charge < -0.3 is 19.5 Å². The Morgan fingerprint density at radius 3 is 2.47 bits per heavy atom. The summed E-state index contributed by atoms with van der Waals surface area (Å²) in [6, 6.07) is 6.40. The summed E-state index contributed by atoms with van der Waals surface area (Å²) in [6.45, 7) is 2.89. The van der Waals surface area contributed by atoms with E-state index in [0.717, 1.165) is 41.7 Å². The fourth-order valence-corrected chi connectivity index (χ4v) is 7.17. The molecule has 1 aliphatic carbocycles. The summed E-state index contributed by atoms with van der Waals surface area (Å²) in [5, 5.41) is 3.15. The van der Waals surface area contributed by atoms with E-state index >= 15 is 0 Å². The number of benzene rings is 1. The number of ether oxygens (including phenoxy) is 3. The Kier molecular flexibility index (Phi) is 9.53. The molecule has 2 aliphatic rings. The van der Waals surface area contributed by atoms with E-state index in [2.05, 4.69) is 5.32 Å². The van der Waals surface area contributed by atoms with Gasteiger partial charge in [0, 0.05) is 24.4 Å². The van der Waals surface area contributed by atoms with Crippen molar-refractivity contribution in [3.63, 3.8) is 0 Å². The number of hydrogen-bond donors (Lipinski definition) is 1. The molecule has 0 radical (unpaired) electrons. The summed E-state index contributed by atoms with van der Waals surface area (Å²) in [5.41, 5.74) is 2.12. The fraction of sp³-hybridized carbons (Fsp3) is 0.500. The molecule has 206 valence electrons.